The summed E-state index contributed by atoms with van der Waals surface area (Å²) in [7, 11) is 1.72. The van der Waals surface area contributed by atoms with Gasteiger partial charge in [-0.1, -0.05) is 0 Å². The average Bonchev–Trinajstić information content (AvgIpc) is 2.16. The Bertz CT molecular complexity index is 229. The van der Waals surface area contributed by atoms with Gasteiger partial charge in [0.1, 0.15) is 0 Å². The maximum Gasteiger partial charge on any atom is 0.319 e. The van der Waals surface area contributed by atoms with Crippen molar-refractivity contribution in [1.29, 1.82) is 0 Å². The molecule has 0 heterocycles. The summed E-state index contributed by atoms with van der Waals surface area (Å²) in [6.07, 6.45) is -0.00842. The third kappa shape index (κ3) is 4.67. The molecule has 5 nitrogen and oxygen atoms in total. The average molecular weight is 216 g/mol. The lowest BCUT2D eigenvalue weighted by atomic mass is 10.3. The van der Waals surface area contributed by atoms with Crippen molar-refractivity contribution in [1.82, 2.24) is 9.80 Å². The van der Waals surface area contributed by atoms with Gasteiger partial charge >= 0.3 is 12.0 Å². The van der Waals surface area contributed by atoms with Crippen LogP contribution < -0.4 is 0 Å². The van der Waals surface area contributed by atoms with E-state index in [4.69, 9.17) is 5.11 Å². The SMILES string of the molecule is CCN(CCC(=O)O)C(=O)N(C)C(C)C. The molecule has 1 N–H and O–H groups in total. The molecule has 0 aliphatic carbocycles. The van der Waals surface area contributed by atoms with Crippen LogP contribution in [0.1, 0.15) is 27.2 Å². The molecule has 0 radical (unpaired) electrons. The topological polar surface area (TPSA) is 60.9 Å². The Morgan fingerprint density at radius 1 is 1.33 bits per heavy atom. The lowest BCUT2D eigenvalue weighted by Gasteiger charge is -2.29. The summed E-state index contributed by atoms with van der Waals surface area (Å²) >= 11 is 0. The fraction of sp³-hybridized carbons (Fsp3) is 0.800. The van der Waals surface area contributed by atoms with Crippen LogP contribution in [0.5, 0.6) is 0 Å². The number of hydrogen-bond donors (Lipinski definition) is 1. The Balaban J connectivity index is 4.27. The Kier molecular flexibility index (Phi) is 5.74. The van der Waals surface area contributed by atoms with Gasteiger partial charge in [0.25, 0.3) is 0 Å². The third-order valence-electron chi connectivity index (χ3n) is 2.32. The molecule has 0 bridgehead atoms. The van der Waals surface area contributed by atoms with Crippen LogP contribution in [0.2, 0.25) is 0 Å². The summed E-state index contributed by atoms with van der Waals surface area (Å²) in [5, 5.41) is 8.54. The fourth-order valence-corrected chi connectivity index (χ4v) is 1.06. The predicted molar refractivity (Wildman–Crippen MR) is 57.8 cm³/mol. The van der Waals surface area contributed by atoms with Gasteiger partial charge in [0.15, 0.2) is 0 Å². The summed E-state index contributed by atoms with van der Waals surface area (Å²) in [5.74, 6) is -0.881. The minimum Gasteiger partial charge on any atom is -0.481 e. The number of nitrogens with zero attached hydrogens (tertiary/aromatic N) is 2. The van der Waals surface area contributed by atoms with Crippen LogP contribution in [0.25, 0.3) is 0 Å². The normalized spacial score (nSPS) is 10.2. The maximum absolute atomic E-state index is 11.8. The molecule has 0 saturated carbocycles. The molecule has 88 valence electrons. The van der Waals surface area contributed by atoms with Gasteiger partial charge in [-0.05, 0) is 20.8 Å². The number of urea groups is 1. The van der Waals surface area contributed by atoms with Crippen LogP contribution in [-0.2, 0) is 4.79 Å². The monoisotopic (exact) mass is 216 g/mol. The highest BCUT2D eigenvalue weighted by Crippen LogP contribution is 2.02. The number of aliphatic carboxylic acids is 1. The van der Waals surface area contributed by atoms with E-state index >= 15 is 0 Å². The molecule has 0 spiro atoms. The highest BCUT2D eigenvalue weighted by Gasteiger charge is 2.18. The van der Waals surface area contributed by atoms with E-state index in [1.54, 1.807) is 11.9 Å². The molecule has 0 aromatic rings. The summed E-state index contributed by atoms with van der Waals surface area (Å²) in [6, 6.07) is 0.00475. The lowest BCUT2D eigenvalue weighted by molar-refractivity contribution is -0.137. The van der Waals surface area contributed by atoms with Crippen LogP contribution in [-0.4, -0.2) is 53.1 Å². The van der Waals surface area contributed by atoms with E-state index in [0.717, 1.165) is 0 Å². The van der Waals surface area contributed by atoms with Crippen molar-refractivity contribution in [3.63, 3.8) is 0 Å². The van der Waals surface area contributed by atoms with Crippen LogP contribution in [0.15, 0.2) is 0 Å². The van der Waals surface area contributed by atoms with E-state index in [1.807, 2.05) is 20.8 Å². The van der Waals surface area contributed by atoms with Crippen molar-refractivity contribution in [2.75, 3.05) is 20.1 Å². The molecular weight excluding hydrogens is 196 g/mol. The van der Waals surface area contributed by atoms with Gasteiger partial charge < -0.3 is 14.9 Å². The third-order valence-corrected chi connectivity index (χ3v) is 2.32. The number of carboxylic acids is 1. The fourth-order valence-electron chi connectivity index (χ4n) is 1.06. The Morgan fingerprint density at radius 2 is 1.87 bits per heavy atom. The molecule has 0 aromatic carbocycles. The first-order valence-corrected chi connectivity index (χ1v) is 5.13. The molecule has 0 unspecified atom stereocenters. The van der Waals surface area contributed by atoms with Gasteiger partial charge in [0.2, 0.25) is 0 Å². The van der Waals surface area contributed by atoms with Crippen molar-refractivity contribution < 1.29 is 14.7 Å². The zero-order chi connectivity index (χ0) is 12.0. The number of rotatable bonds is 5. The first-order valence-electron chi connectivity index (χ1n) is 5.13. The summed E-state index contributed by atoms with van der Waals surface area (Å²) < 4.78 is 0. The summed E-state index contributed by atoms with van der Waals surface area (Å²) in [6.45, 7) is 6.48. The standard InChI is InChI=1S/C10H20N2O3/c1-5-12(7-6-9(13)14)10(15)11(4)8(2)3/h8H,5-7H2,1-4H3,(H,13,14). The van der Waals surface area contributed by atoms with E-state index in [-0.39, 0.29) is 25.0 Å². The number of carbonyl (C=O) groups excluding carboxylic acids is 1. The molecule has 0 aromatic heterocycles. The smallest absolute Gasteiger partial charge is 0.319 e. The molecule has 0 aliphatic heterocycles. The van der Waals surface area contributed by atoms with E-state index in [0.29, 0.717) is 6.54 Å². The van der Waals surface area contributed by atoms with E-state index in [9.17, 15) is 9.59 Å². The van der Waals surface area contributed by atoms with Gasteiger partial charge in [0, 0.05) is 26.2 Å². The number of amides is 2. The Morgan fingerprint density at radius 3 is 2.20 bits per heavy atom. The molecular formula is C10H20N2O3. The summed E-state index contributed by atoms with van der Waals surface area (Å²) in [5.41, 5.74) is 0. The van der Waals surface area contributed by atoms with Gasteiger partial charge in [-0.25, -0.2) is 4.79 Å². The van der Waals surface area contributed by atoms with E-state index in [2.05, 4.69) is 0 Å². The largest absolute Gasteiger partial charge is 0.481 e. The lowest BCUT2D eigenvalue weighted by Crippen LogP contribution is -2.44. The van der Waals surface area contributed by atoms with Crippen molar-refractivity contribution >= 4 is 12.0 Å². The molecule has 0 rings (SSSR count). The second-order valence-corrected chi connectivity index (χ2v) is 3.71. The minimum atomic E-state index is -0.881. The van der Waals surface area contributed by atoms with Gasteiger partial charge in [0.05, 0.1) is 6.42 Å². The zero-order valence-electron chi connectivity index (χ0n) is 9.86. The number of hydrogen-bond acceptors (Lipinski definition) is 2. The molecule has 0 saturated heterocycles. The first kappa shape index (κ1) is 13.7. The number of carbonyl (C=O) groups is 2. The molecule has 5 heteroatoms. The summed E-state index contributed by atoms with van der Waals surface area (Å²) in [4.78, 5) is 25.3. The van der Waals surface area contributed by atoms with Gasteiger partial charge in [-0.15, -0.1) is 0 Å². The van der Waals surface area contributed by atoms with Crippen LogP contribution >= 0.6 is 0 Å². The van der Waals surface area contributed by atoms with Crippen molar-refractivity contribution in [3.05, 3.63) is 0 Å². The quantitative estimate of drug-likeness (QED) is 0.752. The van der Waals surface area contributed by atoms with Crippen molar-refractivity contribution in [2.24, 2.45) is 0 Å². The van der Waals surface area contributed by atoms with E-state index < -0.39 is 5.97 Å². The second kappa shape index (κ2) is 6.27. The van der Waals surface area contributed by atoms with Crippen LogP contribution in [0.4, 0.5) is 4.79 Å². The highest BCUT2D eigenvalue weighted by molar-refractivity contribution is 5.75. The molecule has 0 aliphatic rings. The van der Waals surface area contributed by atoms with E-state index in [1.165, 1.54) is 4.90 Å². The van der Waals surface area contributed by atoms with Gasteiger partial charge in [-0.2, -0.15) is 0 Å². The molecule has 0 fully saturated rings. The second-order valence-electron chi connectivity index (χ2n) is 3.71. The first-order chi connectivity index (χ1) is 6.90. The highest BCUT2D eigenvalue weighted by atomic mass is 16.4. The zero-order valence-corrected chi connectivity index (χ0v) is 9.86. The van der Waals surface area contributed by atoms with Crippen molar-refractivity contribution in [2.45, 2.75) is 33.2 Å². The number of carboxylic acid groups (broad SMARTS) is 1. The molecule has 15 heavy (non-hydrogen) atoms. The van der Waals surface area contributed by atoms with Crippen molar-refractivity contribution in [3.8, 4) is 0 Å². The molecule has 0 atom stereocenters. The minimum absolute atomic E-state index is 0.00842. The molecule has 2 amide bonds. The predicted octanol–water partition coefficient (Wildman–Crippen LogP) is 1.24. The Labute approximate surface area is 90.7 Å². The Hall–Kier alpha value is -1.26. The van der Waals surface area contributed by atoms with Crippen LogP contribution in [0.3, 0.4) is 0 Å². The maximum atomic E-state index is 11.8. The van der Waals surface area contributed by atoms with Crippen LogP contribution in [0, 0.1) is 0 Å². The van der Waals surface area contributed by atoms with Gasteiger partial charge in [-0.3, -0.25) is 4.79 Å².